The molecule has 1 unspecified atom stereocenters. The van der Waals surface area contributed by atoms with Crippen molar-refractivity contribution in [3.8, 4) is 0 Å². The normalized spacial score (nSPS) is 33.5. The van der Waals surface area contributed by atoms with Gasteiger partial charge in [-0.25, -0.2) is 0 Å². The van der Waals surface area contributed by atoms with E-state index in [1.807, 2.05) is 0 Å². The maximum atomic E-state index is 9.14. The third-order valence-electron chi connectivity index (χ3n) is 4.71. The van der Waals surface area contributed by atoms with E-state index in [0.29, 0.717) is 12.5 Å². The average Bonchev–Trinajstić information content (AvgIpc) is 3.02. The first-order chi connectivity index (χ1) is 8.80. The topological polar surface area (TPSA) is 41.9 Å². The molecule has 0 radical (unpaired) electrons. The zero-order valence-corrected chi connectivity index (χ0v) is 11.1. The molecule has 2 saturated heterocycles. The zero-order valence-electron chi connectivity index (χ0n) is 11.1. The molecule has 0 aromatic heterocycles. The van der Waals surface area contributed by atoms with Gasteiger partial charge < -0.3 is 19.5 Å². The van der Waals surface area contributed by atoms with Crippen molar-refractivity contribution in [1.82, 2.24) is 4.90 Å². The van der Waals surface area contributed by atoms with Gasteiger partial charge in [0.2, 0.25) is 0 Å². The Morgan fingerprint density at radius 2 is 1.89 bits per heavy atom. The molecule has 4 nitrogen and oxygen atoms in total. The summed E-state index contributed by atoms with van der Waals surface area (Å²) in [6, 6.07) is 0. The fourth-order valence-corrected chi connectivity index (χ4v) is 3.52. The molecule has 0 bridgehead atoms. The number of likely N-dealkylation sites (tertiary alicyclic amines) is 1. The number of nitrogens with zero attached hydrogens (tertiary/aromatic N) is 1. The predicted molar refractivity (Wildman–Crippen MR) is 68.3 cm³/mol. The summed E-state index contributed by atoms with van der Waals surface area (Å²) in [7, 11) is 0. The van der Waals surface area contributed by atoms with Crippen molar-refractivity contribution in [2.45, 2.75) is 50.4 Å². The number of hydrogen-bond acceptors (Lipinski definition) is 4. The van der Waals surface area contributed by atoms with Gasteiger partial charge in [0.05, 0.1) is 12.7 Å². The monoisotopic (exact) mass is 255 g/mol. The van der Waals surface area contributed by atoms with Crippen molar-refractivity contribution in [3.05, 3.63) is 0 Å². The van der Waals surface area contributed by atoms with E-state index in [-0.39, 0.29) is 11.9 Å². The lowest BCUT2D eigenvalue weighted by molar-refractivity contribution is -0.163. The molecular weight excluding hydrogens is 230 g/mol. The van der Waals surface area contributed by atoms with Gasteiger partial charge >= 0.3 is 0 Å². The number of hydrogen-bond donors (Lipinski definition) is 1. The number of piperidine rings is 1. The highest BCUT2D eigenvalue weighted by Gasteiger charge is 2.44. The molecule has 0 amide bonds. The molecule has 1 N–H and O–H groups in total. The number of aliphatic hydroxyl groups excluding tert-OH is 1. The summed E-state index contributed by atoms with van der Waals surface area (Å²) in [4.78, 5) is 2.47. The van der Waals surface area contributed by atoms with Crippen molar-refractivity contribution in [1.29, 1.82) is 0 Å². The van der Waals surface area contributed by atoms with Gasteiger partial charge in [-0.2, -0.15) is 0 Å². The first-order valence-electron chi connectivity index (χ1n) is 7.45. The average molecular weight is 255 g/mol. The smallest absolute Gasteiger partial charge is 0.168 e. The first-order valence-corrected chi connectivity index (χ1v) is 7.45. The summed E-state index contributed by atoms with van der Waals surface area (Å²) in [5.41, 5.74) is 0. The Morgan fingerprint density at radius 1 is 1.17 bits per heavy atom. The van der Waals surface area contributed by atoms with Crippen molar-refractivity contribution in [2.75, 3.05) is 32.8 Å². The summed E-state index contributed by atoms with van der Waals surface area (Å²) in [5.74, 6) is 0.303. The SMILES string of the molecule is OCC1CCN(CC2COC3(CCCC3)O2)CC1. The van der Waals surface area contributed by atoms with Gasteiger partial charge in [0.1, 0.15) is 0 Å². The predicted octanol–water partition coefficient (Wildman–Crippen LogP) is 1.38. The Hall–Kier alpha value is -0.160. The largest absolute Gasteiger partial charge is 0.396 e. The minimum absolute atomic E-state index is 0.214. The van der Waals surface area contributed by atoms with Gasteiger partial charge in [-0.1, -0.05) is 0 Å². The van der Waals surface area contributed by atoms with E-state index >= 15 is 0 Å². The quantitative estimate of drug-likeness (QED) is 0.827. The van der Waals surface area contributed by atoms with Crippen molar-refractivity contribution in [3.63, 3.8) is 0 Å². The molecule has 3 aliphatic rings. The lowest BCUT2D eigenvalue weighted by atomic mass is 9.98. The van der Waals surface area contributed by atoms with Crippen LogP contribution < -0.4 is 0 Å². The molecule has 1 saturated carbocycles. The van der Waals surface area contributed by atoms with Crippen LogP contribution in [0.5, 0.6) is 0 Å². The molecule has 104 valence electrons. The molecule has 1 aliphatic carbocycles. The lowest BCUT2D eigenvalue weighted by Gasteiger charge is -2.32. The molecule has 3 rings (SSSR count). The van der Waals surface area contributed by atoms with Crippen LogP contribution in [0.3, 0.4) is 0 Å². The molecular formula is C14H25NO3. The fraction of sp³-hybridized carbons (Fsp3) is 1.00. The Bertz CT molecular complexity index is 270. The van der Waals surface area contributed by atoms with Gasteiger partial charge in [0.15, 0.2) is 5.79 Å². The van der Waals surface area contributed by atoms with Crippen LogP contribution >= 0.6 is 0 Å². The van der Waals surface area contributed by atoms with Crippen molar-refractivity contribution < 1.29 is 14.6 Å². The van der Waals surface area contributed by atoms with Gasteiger partial charge in [0, 0.05) is 26.0 Å². The second kappa shape index (κ2) is 5.45. The maximum Gasteiger partial charge on any atom is 0.168 e. The molecule has 3 fully saturated rings. The van der Waals surface area contributed by atoms with E-state index in [1.54, 1.807) is 0 Å². The highest BCUT2D eigenvalue weighted by atomic mass is 16.7. The molecule has 4 heteroatoms. The minimum atomic E-state index is -0.214. The van der Waals surface area contributed by atoms with Gasteiger partial charge in [-0.05, 0) is 44.7 Å². The molecule has 0 aromatic rings. The zero-order chi connectivity index (χ0) is 12.4. The maximum absolute atomic E-state index is 9.14. The van der Waals surface area contributed by atoms with Gasteiger partial charge in [0.25, 0.3) is 0 Å². The second-order valence-electron chi connectivity index (χ2n) is 6.10. The van der Waals surface area contributed by atoms with Crippen LogP contribution in [0.4, 0.5) is 0 Å². The van der Waals surface area contributed by atoms with Crippen LogP contribution in [0.15, 0.2) is 0 Å². The van der Waals surface area contributed by atoms with Gasteiger partial charge in [-0.3, -0.25) is 0 Å². The van der Waals surface area contributed by atoms with E-state index < -0.39 is 0 Å². The Balaban J connectivity index is 1.44. The summed E-state index contributed by atoms with van der Waals surface area (Å²) < 4.78 is 12.1. The minimum Gasteiger partial charge on any atom is -0.396 e. The van der Waals surface area contributed by atoms with E-state index in [1.165, 1.54) is 12.8 Å². The number of rotatable bonds is 3. The Morgan fingerprint density at radius 3 is 2.56 bits per heavy atom. The molecule has 2 heterocycles. The number of aliphatic hydroxyl groups is 1. The summed E-state index contributed by atoms with van der Waals surface area (Å²) >= 11 is 0. The Labute approximate surface area is 109 Å². The molecule has 1 spiro atoms. The van der Waals surface area contributed by atoms with Crippen LogP contribution in [-0.2, 0) is 9.47 Å². The van der Waals surface area contributed by atoms with Gasteiger partial charge in [-0.15, -0.1) is 0 Å². The van der Waals surface area contributed by atoms with Crippen LogP contribution in [0, 0.1) is 5.92 Å². The van der Waals surface area contributed by atoms with Crippen LogP contribution in [0.1, 0.15) is 38.5 Å². The van der Waals surface area contributed by atoms with Crippen molar-refractivity contribution in [2.24, 2.45) is 5.92 Å². The highest BCUT2D eigenvalue weighted by molar-refractivity contribution is 4.85. The molecule has 2 aliphatic heterocycles. The first kappa shape index (κ1) is 12.9. The van der Waals surface area contributed by atoms with E-state index in [9.17, 15) is 0 Å². The van der Waals surface area contributed by atoms with Crippen LogP contribution in [-0.4, -0.2) is 54.7 Å². The fourth-order valence-electron chi connectivity index (χ4n) is 3.52. The Kier molecular flexibility index (Phi) is 3.89. The van der Waals surface area contributed by atoms with Crippen LogP contribution in [0.2, 0.25) is 0 Å². The summed E-state index contributed by atoms with van der Waals surface area (Å²) in [6.07, 6.45) is 7.15. The molecule has 1 atom stereocenters. The molecule has 0 aromatic carbocycles. The summed E-state index contributed by atoms with van der Waals surface area (Å²) in [5, 5.41) is 9.14. The highest BCUT2D eigenvalue weighted by Crippen LogP contribution is 2.39. The van der Waals surface area contributed by atoms with Crippen LogP contribution in [0.25, 0.3) is 0 Å². The van der Waals surface area contributed by atoms with E-state index in [0.717, 1.165) is 51.9 Å². The number of ether oxygens (including phenoxy) is 2. The summed E-state index contributed by atoms with van der Waals surface area (Å²) in [6.45, 7) is 4.30. The van der Waals surface area contributed by atoms with E-state index in [4.69, 9.17) is 14.6 Å². The third-order valence-corrected chi connectivity index (χ3v) is 4.71. The van der Waals surface area contributed by atoms with Crippen molar-refractivity contribution >= 4 is 0 Å². The second-order valence-corrected chi connectivity index (χ2v) is 6.10. The van der Waals surface area contributed by atoms with E-state index in [2.05, 4.69) is 4.90 Å². The molecule has 18 heavy (non-hydrogen) atoms. The third kappa shape index (κ3) is 2.72. The standard InChI is InChI=1S/C14H25NO3/c16-10-12-3-7-15(8-4-12)9-13-11-17-14(18-13)5-1-2-6-14/h12-13,16H,1-11H2. The lowest BCUT2D eigenvalue weighted by Crippen LogP contribution is -2.40.